The number of pyridine rings is 1. The SMILES string of the molecule is CCc1[nH]nc2ncc(Cl)cc12. The number of aromatic amines is 1. The predicted octanol–water partition coefficient (Wildman–Crippen LogP) is 2.17. The molecule has 0 aliphatic carbocycles. The first-order valence-corrected chi connectivity index (χ1v) is 4.17. The lowest BCUT2D eigenvalue weighted by atomic mass is 10.2. The Bertz CT molecular complexity index is 408. The maximum atomic E-state index is 5.80. The zero-order valence-corrected chi connectivity index (χ0v) is 7.39. The fourth-order valence-electron chi connectivity index (χ4n) is 1.19. The van der Waals surface area contributed by atoms with Crippen LogP contribution in [0.1, 0.15) is 12.6 Å². The summed E-state index contributed by atoms with van der Waals surface area (Å²) >= 11 is 5.80. The van der Waals surface area contributed by atoms with Gasteiger partial charge < -0.3 is 0 Å². The summed E-state index contributed by atoms with van der Waals surface area (Å²) in [5.74, 6) is 0. The Morgan fingerprint density at radius 2 is 2.42 bits per heavy atom. The van der Waals surface area contributed by atoms with Crippen LogP contribution in [0.4, 0.5) is 0 Å². The van der Waals surface area contributed by atoms with E-state index in [2.05, 4.69) is 22.1 Å². The molecule has 2 heterocycles. The van der Waals surface area contributed by atoms with Crippen molar-refractivity contribution in [1.29, 1.82) is 0 Å². The van der Waals surface area contributed by atoms with Gasteiger partial charge in [-0.05, 0) is 12.5 Å². The lowest BCUT2D eigenvalue weighted by Gasteiger charge is -1.91. The second kappa shape index (κ2) is 2.75. The Kier molecular flexibility index (Phi) is 1.73. The van der Waals surface area contributed by atoms with Gasteiger partial charge in [-0.3, -0.25) is 5.10 Å². The molecule has 0 saturated heterocycles. The van der Waals surface area contributed by atoms with Crippen LogP contribution in [-0.4, -0.2) is 15.2 Å². The van der Waals surface area contributed by atoms with Crippen LogP contribution in [0.3, 0.4) is 0 Å². The monoisotopic (exact) mass is 181 g/mol. The molecule has 0 amide bonds. The van der Waals surface area contributed by atoms with E-state index in [1.165, 1.54) is 0 Å². The molecule has 3 nitrogen and oxygen atoms in total. The van der Waals surface area contributed by atoms with Gasteiger partial charge in [0.25, 0.3) is 0 Å². The zero-order valence-electron chi connectivity index (χ0n) is 6.63. The van der Waals surface area contributed by atoms with Gasteiger partial charge in [-0.25, -0.2) is 4.98 Å². The first-order valence-electron chi connectivity index (χ1n) is 3.79. The maximum absolute atomic E-state index is 5.80. The molecular weight excluding hydrogens is 174 g/mol. The van der Waals surface area contributed by atoms with Crippen LogP contribution in [0.5, 0.6) is 0 Å². The zero-order chi connectivity index (χ0) is 8.55. The van der Waals surface area contributed by atoms with Crippen molar-refractivity contribution in [1.82, 2.24) is 15.2 Å². The van der Waals surface area contributed by atoms with E-state index < -0.39 is 0 Å². The normalized spacial score (nSPS) is 10.8. The summed E-state index contributed by atoms with van der Waals surface area (Å²) < 4.78 is 0. The lowest BCUT2D eigenvalue weighted by Crippen LogP contribution is -1.79. The van der Waals surface area contributed by atoms with Crippen molar-refractivity contribution in [2.24, 2.45) is 0 Å². The fraction of sp³-hybridized carbons (Fsp3) is 0.250. The molecule has 0 bridgehead atoms. The molecule has 4 heteroatoms. The summed E-state index contributed by atoms with van der Waals surface area (Å²) in [6.45, 7) is 2.06. The van der Waals surface area contributed by atoms with Gasteiger partial charge >= 0.3 is 0 Å². The van der Waals surface area contributed by atoms with E-state index in [0.29, 0.717) is 5.02 Å². The summed E-state index contributed by atoms with van der Waals surface area (Å²) in [5.41, 5.74) is 1.82. The number of halogens is 1. The summed E-state index contributed by atoms with van der Waals surface area (Å²) in [6.07, 6.45) is 2.52. The third-order valence-electron chi connectivity index (χ3n) is 1.81. The highest BCUT2D eigenvalue weighted by Crippen LogP contribution is 2.18. The molecule has 0 aromatic carbocycles. The average molecular weight is 182 g/mol. The summed E-state index contributed by atoms with van der Waals surface area (Å²) in [6, 6.07) is 1.88. The molecule has 2 aromatic rings. The molecule has 62 valence electrons. The number of H-pyrrole nitrogens is 1. The van der Waals surface area contributed by atoms with Gasteiger partial charge in [-0.2, -0.15) is 5.10 Å². The van der Waals surface area contributed by atoms with Gasteiger partial charge in [0.1, 0.15) is 0 Å². The van der Waals surface area contributed by atoms with Crippen molar-refractivity contribution in [2.75, 3.05) is 0 Å². The van der Waals surface area contributed by atoms with Crippen LogP contribution in [0, 0.1) is 0 Å². The molecule has 0 spiro atoms. The summed E-state index contributed by atoms with van der Waals surface area (Å²) in [7, 11) is 0. The largest absolute Gasteiger partial charge is 0.280 e. The minimum absolute atomic E-state index is 0.651. The number of aromatic nitrogens is 3. The molecule has 0 aliphatic rings. The molecule has 2 rings (SSSR count). The second-order valence-corrected chi connectivity index (χ2v) is 3.02. The molecular formula is C8H8ClN3. The van der Waals surface area contributed by atoms with Crippen molar-refractivity contribution < 1.29 is 0 Å². The van der Waals surface area contributed by atoms with Crippen LogP contribution >= 0.6 is 11.6 Å². The Balaban J connectivity index is 2.75. The number of aryl methyl sites for hydroxylation is 1. The van der Waals surface area contributed by atoms with E-state index >= 15 is 0 Å². The van der Waals surface area contributed by atoms with Crippen LogP contribution in [0.2, 0.25) is 5.02 Å². The highest BCUT2D eigenvalue weighted by atomic mass is 35.5. The highest BCUT2D eigenvalue weighted by molar-refractivity contribution is 6.31. The Morgan fingerprint density at radius 3 is 3.17 bits per heavy atom. The fourth-order valence-corrected chi connectivity index (χ4v) is 1.35. The molecule has 0 unspecified atom stereocenters. The summed E-state index contributed by atoms with van der Waals surface area (Å²) in [4.78, 5) is 4.08. The molecule has 0 aliphatic heterocycles. The van der Waals surface area contributed by atoms with Crippen LogP contribution in [0.25, 0.3) is 11.0 Å². The van der Waals surface area contributed by atoms with E-state index in [9.17, 15) is 0 Å². The minimum atomic E-state index is 0.651. The molecule has 2 aromatic heterocycles. The number of nitrogens with one attached hydrogen (secondary N) is 1. The Morgan fingerprint density at radius 1 is 1.58 bits per heavy atom. The summed E-state index contributed by atoms with van der Waals surface area (Å²) in [5, 5.41) is 8.63. The Labute approximate surface area is 74.8 Å². The van der Waals surface area contributed by atoms with E-state index in [-0.39, 0.29) is 0 Å². The third-order valence-corrected chi connectivity index (χ3v) is 2.02. The second-order valence-electron chi connectivity index (χ2n) is 2.58. The number of hydrogen-bond donors (Lipinski definition) is 1. The third kappa shape index (κ3) is 1.06. The van der Waals surface area contributed by atoms with Gasteiger partial charge in [0.05, 0.1) is 5.02 Å². The van der Waals surface area contributed by atoms with Gasteiger partial charge in [-0.15, -0.1) is 0 Å². The van der Waals surface area contributed by atoms with Crippen molar-refractivity contribution in [2.45, 2.75) is 13.3 Å². The standard InChI is InChI=1S/C8H8ClN3/c1-2-7-6-3-5(9)4-10-8(6)12-11-7/h3-4H,2H2,1H3,(H,10,11,12). The van der Waals surface area contributed by atoms with Gasteiger partial charge in [0, 0.05) is 17.3 Å². The van der Waals surface area contributed by atoms with Crippen molar-refractivity contribution in [3.63, 3.8) is 0 Å². The lowest BCUT2D eigenvalue weighted by molar-refractivity contribution is 0.983. The molecule has 0 saturated carbocycles. The molecule has 0 atom stereocenters. The average Bonchev–Trinajstić information content (AvgIpc) is 2.46. The van der Waals surface area contributed by atoms with E-state index in [0.717, 1.165) is 23.1 Å². The highest BCUT2D eigenvalue weighted by Gasteiger charge is 2.03. The van der Waals surface area contributed by atoms with Crippen LogP contribution in [0.15, 0.2) is 12.3 Å². The Hall–Kier alpha value is -1.09. The quantitative estimate of drug-likeness (QED) is 0.733. The molecule has 0 radical (unpaired) electrons. The molecule has 0 fully saturated rings. The molecule has 12 heavy (non-hydrogen) atoms. The van der Waals surface area contributed by atoms with Gasteiger partial charge in [0.2, 0.25) is 0 Å². The van der Waals surface area contributed by atoms with E-state index in [1.807, 2.05) is 6.07 Å². The minimum Gasteiger partial charge on any atom is -0.280 e. The first kappa shape index (κ1) is 7.55. The van der Waals surface area contributed by atoms with Crippen molar-refractivity contribution >= 4 is 22.6 Å². The van der Waals surface area contributed by atoms with Crippen molar-refractivity contribution in [3.8, 4) is 0 Å². The first-order chi connectivity index (χ1) is 5.81. The van der Waals surface area contributed by atoms with Crippen molar-refractivity contribution in [3.05, 3.63) is 23.0 Å². The topological polar surface area (TPSA) is 41.6 Å². The predicted molar refractivity (Wildman–Crippen MR) is 48.3 cm³/mol. The molecule has 1 N–H and O–H groups in total. The number of rotatable bonds is 1. The van der Waals surface area contributed by atoms with Gasteiger partial charge in [0.15, 0.2) is 5.65 Å². The number of fused-ring (bicyclic) bond motifs is 1. The number of hydrogen-bond acceptors (Lipinski definition) is 2. The smallest absolute Gasteiger partial charge is 0.181 e. The van der Waals surface area contributed by atoms with E-state index in [4.69, 9.17) is 11.6 Å². The number of nitrogens with zero attached hydrogens (tertiary/aromatic N) is 2. The van der Waals surface area contributed by atoms with Crippen LogP contribution < -0.4 is 0 Å². The van der Waals surface area contributed by atoms with E-state index in [1.54, 1.807) is 6.20 Å². The van der Waals surface area contributed by atoms with Crippen LogP contribution in [-0.2, 0) is 6.42 Å². The maximum Gasteiger partial charge on any atom is 0.181 e. The van der Waals surface area contributed by atoms with Gasteiger partial charge in [-0.1, -0.05) is 18.5 Å².